The van der Waals surface area contributed by atoms with Gasteiger partial charge in [-0.3, -0.25) is 9.59 Å². The van der Waals surface area contributed by atoms with Gasteiger partial charge in [0.15, 0.2) is 0 Å². The number of para-hydroxylation sites is 2. The third kappa shape index (κ3) is 4.49. The molecule has 0 unspecified atom stereocenters. The largest absolute Gasteiger partial charge is 0.497 e. The van der Waals surface area contributed by atoms with Crippen molar-refractivity contribution in [1.82, 2.24) is 0 Å². The standard InChI is InChI=1S/C28H30N2O3/c1-4-10-27(31)30(22-11-6-5-7-12-22)26-19-20(2)29(25-14-9-8-13-24(25)26)28(32)21-15-17-23(33-3)18-16-21/h5-9,11-18,20,26H,4,10,19H2,1-3H3/t20-,26-/m1/s1. The summed E-state index contributed by atoms with van der Waals surface area (Å²) in [6, 6.07) is 24.7. The van der Waals surface area contributed by atoms with Crippen LogP contribution in [0, 0.1) is 0 Å². The molecule has 1 aliphatic heterocycles. The van der Waals surface area contributed by atoms with Gasteiger partial charge in [-0.2, -0.15) is 0 Å². The highest BCUT2D eigenvalue weighted by atomic mass is 16.5. The zero-order chi connectivity index (χ0) is 23.4. The number of anilines is 2. The molecule has 2 amide bonds. The summed E-state index contributed by atoms with van der Waals surface area (Å²) in [5, 5.41) is 0. The van der Waals surface area contributed by atoms with E-state index in [2.05, 4.69) is 6.92 Å². The number of fused-ring (bicyclic) bond motifs is 1. The Labute approximate surface area is 195 Å². The molecule has 0 radical (unpaired) electrons. The molecule has 0 N–H and O–H groups in total. The van der Waals surface area contributed by atoms with Crippen LogP contribution in [0.25, 0.3) is 0 Å². The number of hydrogen-bond acceptors (Lipinski definition) is 3. The highest BCUT2D eigenvalue weighted by molar-refractivity contribution is 6.07. The molecule has 170 valence electrons. The van der Waals surface area contributed by atoms with Gasteiger partial charge >= 0.3 is 0 Å². The van der Waals surface area contributed by atoms with Gasteiger partial charge in [0.05, 0.1) is 13.2 Å². The van der Waals surface area contributed by atoms with Gasteiger partial charge in [-0.15, -0.1) is 0 Å². The van der Waals surface area contributed by atoms with E-state index < -0.39 is 0 Å². The Morgan fingerprint density at radius 1 is 0.970 bits per heavy atom. The highest BCUT2D eigenvalue weighted by Gasteiger charge is 2.38. The fourth-order valence-electron chi connectivity index (χ4n) is 4.63. The van der Waals surface area contributed by atoms with Gasteiger partial charge in [0.2, 0.25) is 5.91 Å². The fourth-order valence-corrected chi connectivity index (χ4v) is 4.63. The average molecular weight is 443 g/mol. The molecule has 5 nitrogen and oxygen atoms in total. The number of ether oxygens (including phenoxy) is 1. The van der Waals surface area contributed by atoms with Crippen molar-refractivity contribution in [1.29, 1.82) is 0 Å². The van der Waals surface area contributed by atoms with Gasteiger partial charge in [0.25, 0.3) is 5.91 Å². The highest BCUT2D eigenvalue weighted by Crippen LogP contribution is 2.43. The van der Waals surface area contributed by atoms with Gasteiger partial charge in [-0.1, -0.05) is 43.3 Å². The second kappa shape index (κ2) is 9.90. The molecule has 0 saturated carbocycles. The van der Waals surface area contributed by atoms with Crippen molar-refractivity contribution in [2.45, 2.75) is 45.2 Å². The minimum absolute atomic E-state index is 0.0535. The van der Waals surface area contributed by atoms with E-state index in [4.69, 9.17) is 4.74 Å². The van der Waals surface area contributed by atoms with Gasteiger partial charge in [0.1, 0.15) is 5.75 Å². The van der Waals surface area contributed by atoms with Crippen LogP contribution < -0.4 is 14.5 Å². The third-order valence-electron chi connectivity index (χ3n) is 6.19. The molecule has 3 aromatic carbocycles. The number of hydrogen-bond donors (Lipinski definition) is 0. The monoisotopic (exact) mass is 442 g/mol. The summed E-state index contributed by atoms with van der Waals surface area (Å²) >= 11 is 0. The molecule has 0 saturated heterocycles. The Morgan fingerprint density at radius 3 is 2.30 bits per heavy atom. The first-order chi connectivity index (χ1) is 16.0. The number of rotatable bonds is 6. The van der Waals surface area contributed by atoms with E-state index in [1.807, 2.05) is 71.3 Å². The van der Waals surface area contributed by atoms with Crippen molar-refractivity contribution in [3.8, 4) is 5.75 Å². The second-order valence-electron chi connectivity index (χ2n) is 8.41. The number of carbonyl (C=O) groups is 2. The number of carbonyl (C=O) groups excluding carboxylic acids is 2. The minimum Gasteiger partial charge on any atom is -0.497 e. The smallest absolute Gasteiger partial charge is 0.258 e. The summed E-state index contributed by atoms with van der Waals surface area (Å²) in [7, 11) is 1.61. The normalized spacial score (nSPS) is 17.2. The Kier molecular flexibility index (Phi) is 6.78. The molecule has 33 heavy (non-hydrogen) atoms. The van der Waals surface area contributed by atoms with E-state index in [0.717, 1.165) is 23.4 Å². The van der Waals surface area contributed by atoms with E-state index in [0.29, 0.717) is 24.2 Å². The molecule has 3 aromatic rings. The van der Waals surface area contributed by atoms with Crippen LogP contribution >= 0.6 is 0 Å². The molecule has 1 aliphatic rings. The summed E-state index contributed by atoms with van der Waals surface area (Å²) in [6.07, 6.45) is 1.92. The summed E-state index contributed by atoms with van der Waals surface area (Å²) in [5.41, 5.74) is 3.34. The Bertz CT molecular complexity index is 1110. The zero-order valence-electron chi connectivity index (χ0n) is 19.4. The van der Waals surface area contributed by atoms with Crippen LogP contribution in [0.2, 0.25) is 0 Å². The fraction of sp³-hybridized carbons (Fsp3) is 0.286. The lowest BCUT2D eigenvalue weighted by Gasteiger charge is -2.43. The third-order valence-corrected chi connectivity index (χ3v) is 6.19. The van der Waals surface area contributed by atoms with Crippen LogP contribution in [0.3, 0.4) is 0 Å². The first-order valence-electron chi connectivity index (χ1n) is 11.5. The molecule has 0 fully saturated rings. The number of nitrogens with zero attached hydrogens (tertiary/aromatic N) is 2. The molecule has 0 aliphatic carbocycles. The number of benzene rings is 3. The summed E-state index contributed by atoms with van der Waals surface area (Å²) < 4.78 is 5.23. The lowest BCUT2D eigenvalue weighted by molar-refractivity contribution is -0.119. The molecule has 0 aromatic heterocycles. The van der Waals surface area contributed by atoms with Crippen LogP contribution in [0.1, 0.15) is 55.1 Å². The van der Waals surface area contributed by atoms with Crippen molar-refractivity contribution >= 4 is 23.2 Å². The topological polar surface area (TPSA) is 49.9 Å². The minimum atomic E-state index is -0.141. The maximum Gasteiger partial charge on any atom is 0.258 e. The molecule has 4 rings (SSSR count). The first kappa shape index (κ1) is 22.6. The van der Waals surface area contributed by atoms with Crippen molar-refractivity contribution in [2.24, 2.45) is 0 Å². The van der Waals surface area contributed by atoms with Crippen LogP contribution in [0.15, 0.2) is 78.9 Å². The first-order valence-corrected chi connectivity index (χ1v) is 11.5. The van der Waals surface area contributed by atoms with Gasteiger partial charge in [-0.05, 0) is 67.8 Å². The maximum absolute atomic E-state index is 13.6. The lowest BCUT2D eigenvalue weighted by atomic mass is 9.89. The molecular weight excluding hydrogens is 412 g/mol. The molecular formula is C28H30N2O3. The predicted molar refractivity (Wildman–Crippen MR) is 132 cm³/mol. The van der Waals surface area contributed by atoms with Crippen molar-refractivity contribution in [3.05, 3.63) is 90.0 Å². The van der Waals surface area contributed by atoms with E-state index in [9.17, 15) is 9.59 Å². The Hall–Kier alpha value is -3.60. The molecule has 0 bridgehead atoms. The van der Waals surface area contributed by atoms with Gasteiger partial charge in [-0.25, -0.2) is 0 Å². The van der Waals surface area contributed by atoms with Crippen molar-refractivity contribution < 1.29 is 14.3 Å². The zero-order valence-corrected chi connectivity index (χ0v) is 19.4. The van der Waals surface area contributed by atoms with Gasteiger partial charge in [0, 0.05) is 29.4 Å². The lowest BCUT2D eigenvalue weighted by Crippen LogP contribution is -2.47. The number of methoxy groups -OCH3 is 1. The Morgan fingerprint density at radius 2 is 1.64 bits per heavy atom. The van der Waals surface area contributed by atoms with Crippen LogP contribution in [-0.4, -0.2) is 25.0 Å². The second-order valence-corrected chi connectivity index (χ2v) is 8.41. The summed E-state index contributed by atoms with van der Waals surface area (Å²) in [6.45, 7) is 4.08. The molecule has 0 spiro atoms. The summed E-state index contributed by atoms with van der Waals surface area (Å²) in [5.74, 6) is 0.763. The number of amides is 2. The van der Waals surface area contributed by atoms with E-state index in [1.54, 1.807) is 31.4 Å². The van der Waals surface area contributed by atoms with E-state index in [1.165, 1.54) is 0 Å². The van der Waals surface area contributed by atoms with E-state index in [-0.39, 0.29) is 23.9 Å². The molecule has 1 heterocycles. The Balaban J connectivity index is 1.75. The average Bonchev–Trinajstić information content (AvgIpc) is 2.85. The molecule has 5 heteroatoms. The van der Waals surface area contributed by atoms with Crippen molar-refractivity contribution in [2.75, 3.05) is 16.9 Å². The van der Waals surface area contributed by atoms with E-state index >= 15 is 0 Å². The van der Waals surface area contributed by atoms with Gasteiger partial charge < -0.3 is 14.5 Å². The van der Waals surface area contributed by atoms with Crippen LogP contribution in [0.4, 0.5) is 11.4 Å². The van der Waals surface area contributed by atoms with Crippen LogP contribution in [0.5, 0.6) is 5.75 Å². The summed E-state index contributed by atoms with van der Waals surface area (Å²) in [4.78, 5) is 30.6. The maximum atomic E-state index is 13.6. The SMILES string of the molecule is CCCC(=O)N(c1ccccc1)[C@@H]1C[C@@H](C)N(C(=O)c2ccc(OC)cc2)c2ccccc21. The molecule has 2 atom stereocenters. The van der Waals surface area contributed by atoms with Crippen LogP contribution in [-0.2, 0) is 4.79 Å². The predicted octanol–water partition coefficient (Wildman–Crippen LogP) is 6.01. The quantitative estimate of drug-likeness (QED) is 0.470. The van der Waals surface area contributed by atoms with Crippen molar-refractivity contribution in [3.63, 3.8) is 0 Å².